The molecule has 0 unspecified atom stereocenters. The zero-order valence-electron chi connectivity index (χ0n) is 8.47. The zero-order chi connectivity index (χ0) is 12.9. The van der Waals surface area contributed by atoms with E-state index in [4.69, 9.17) is 4.74 Å². The topological polar surface area (TPSA) is 47.0 Å². The van der Waals surface area contributed by atoms with Gasteiger partial charge < -0.3 is 10.1 Å². The highest BCUT2D eigenvalue weighted by atomic mass is 19.2. The lowest BCUT2D eigenvalue weighted by Gasteiger charge is -2.21. The maximum atomic E-state index is 13.5. The highest BCUT2D eigenvalue weighted by Gasteiger charge is 2.31. The Hall–Kier alpha value is -2.38. The molecule has 0 spiro atoms. The van der Waals surface area contributed by atoms with Gasteiger partial charge in [0.1, 0.15) is 12.0 Å². The van der Waals surface area contributed by atoms with E-state index in [1.54, 1.807) is 0 Å². The van der Waals surface area contributed by atoms with E-state index in [0.29, 0.717) is 0 Å². The first-order valence-electron chi connectivity index (χ1n) is 4.70. The number of ether oxygens (including phenoxy) is 1. The van der Waals surface area contributed by atoms with Crippen molar-refractivity contribution >= 4 is 11.5 Å². The Kier molecular flexibility index (Phi) is 2.12. The van der Waals surface area contributed by atoms with Gasteiger partial charge in [0.15, 0.2) is 29.0 Å². The van der Waals surface area contributed by atoms with E-state index in [-0.39, 0.29) is 11.6 Å². The minimum Gasteiger partial charge on any atom is -0.446 e. The molecule has 0 amide bonds. The molecule has 1 aliphatic heterocycles. The van der Waals surface area contributed by atoms with E-state index in [9.17, 15) is 17.6 Å². The third-order valence-electron chi connectivity index (χ3n) is 2.36. The monoisotopic (exact) mass is 257 g/mol. The van der Waals surface area contributed by atoms with E-state index in [0.717, 1.165) is 6.33 Å². The predicted molar refractivity (Wildman–Crippen MR) is 51.7 cm³/mol. The number of hydrogen-bond acceptors (Lipinski definition) is 4. The van der Waals surface area contributed by atoms with Crippen LogP contribution in [0.4, 0.5) is 29.1 Å². The van der Waals surface area contributed by atoms with Crippen molar-refractivity contribution in [1.82, 2.24) is 9.97 Å². The fraction of sp³-hybridized carbons (Fsp3) is 0. The van der Waals surface area contributed by atoms with Crippen LogP contribution in [0.15, 0.2) is 12.5 Å². The summed E-state index contributed by atoms with van der Waals surface area (Å²) in [4.78, 5) is 7.29. The van der Waals surface area contributed by atoms with Crippen LogP contribution in [-0.2, 0) is 0 Å². The average molecular weight is 257 g/mol. The summed E-state index contributed by atoms with van der Waals surface area (Å²) in [5.74, 6) is -7.81. The van der Waals surface area contributed by atoms with Crippen molar-refractivity contribution in [2.45, 2.75) is 0 Å². The number of nitrogens with one attached hydrogen (secondary N) is 1. The lowest BCUT2D eigenvalue weighted by Crippen LogP contribution is -2.11. The minimum absolute atomic E-state index is 0.0192. The number of rotatable bonds is 0. The maximum Gasteiger partial charge on any atom is 0.206 e. The molecule has 0 aliphatic carbocycles. The summed E-state index contributed by atoms with van der Waals surface area (Å²) in [6.07, 6.45) is 2.31. The number of fused-ring (bicyclic) bond motifs is 2. The van der Waals surface area contributed by atoms with Gasteiger partial charge in [0, 0.05) is 0 Å². The van der Waals surface area contributed by atoms with Crippen LogP contribution in [0.5, 0.6) is 11.5 Å². The van der Waals surface area contributed by atoms with Gasteiger partial charge in [-0.15, -0.1) is 0 Å². The SMILES string of the molecule is Fc1c(F)c(F)c2c(c1F)Nc1ncncc1O2. The number of aromatic nitrogens is 2. The van der Waals surface area contributed by atoms with Crippen LogP contribution in [0.1, 0.15) is 0 Å². The average Bonchev–Trinajstić information content (AvgIpc) is 2.41. The maximum absolute atomic E-state index is 13.5. The summed E-state index contributed by atoms with van der Waals surface area (Å²) < 4.78 is 57.9. The van der Waals surface area contributed by atoms with Gasteiger partial charge in [0.25, 0.3) is 0 Å². The molecule has 1 aromatic carbocycles. The molecule has 0 atom stereocenters. The van der Waals surface area contributed by atoms with Crippen LogP contribution < -0.4 is 10.1 Å². The first kappa shape index (κ1) is 10.8. The van der Waals surface area contributed by atoms with E-state index < -0.39 is 34.7 Å². The number of anilines is 2. The van der Waals surface area contributed by atoms with Crippen LogP contribution in [-0.4, -0.2) is 9.97 Å². The van der Waals surface area contributed by atoms with Crippen LogP contribution >= 0.6 is 0 Å². The van der Waals surface area contributed by atoms with Crippen LogP contribution in [0.2, 0.25) is 0 Å². The van der Waals surface area contributed by atoms with Gasteiger partial charge in [-0.1, -0.05) is 0 Å². The van der Waals surface area contributed by atoms with Crippen molar-refractivity contribution < 1.29 is 22.3 Å². The van der Waals surface area contributed by atoms with Crippen LogP contribution in [0.25, 0.3) is 0 Å². The molecule has 92 valence electrons. The Labute approximate surface area is 97.2 Å². The Balaban J connectivity index is 2.25. The van der Waals surface area contributed by atoms with Crippen LogP contribution in [0.3, 0.4) is 0 Å². The molecule has 2 heterocycles. The fourth-order valence-electron chi connectivity index (χ4n) is 1.53. The second-order valence-electron chi connectivity index (χ2n) is 3.42. The molecular formula is C10H3F4N3O. The smallest absolute Gasteiger partial charge is 0.206 e. The lowest BCUT2D eigenvalue weighted by molar-refractivity contribution is 0.370. The summed E-state index contributed by atoms with van der Waals surface area (Å²) in [5.41, 5.74) is -0.641. The summed E-state index contributed by atoms with van der Waals surface area (Å²) in [7, 11) is 0. The van der Waals surface area contributed by atoms with E-state index >= 15 is 0 Å². The molecule has 4 nitrogen and oxygen atoms in total. The second-order valence-corrected chi connectivity index (χ2v) is 3.42. The van der Waals surface area contributed by atoms with Crippen molar-refractivity contribution in [1.29, 1.82) is 0 Å². The molecule has 8 heteroatoms. The summed E-state index contributed by atoms with van der Waals surface area (Å²) in [6, 6.07) is 0. The third kappa shape index (κ3) is 1.31. The molecule has 0 saturated heterocycles. The normalized spacial score (nSPS) is 12.2. The van der Waals surface area contributed by atoms with Crippen molar-refractivity contribution in [3.05, 3.63) is 35.8 Å². The number of hydrogen-bond donors (Lipinski definition) is 1. The summed E-state index contributed by atoms with van der Waals surface area (Å²) in [6.45, 7) is 0. The largest absolute Gasteiger partial charge is 0.446 e. The highest BCUT2D eigenvalue weighted by molar-refractivity contribution is 5.73. The Morgan fingerprint density at radius 2 is 1.72 bits per heavy atom. The molecule has 3 rings (SSSR count). The Bertz CT molecular complexity index is 606. The minimum atomic E-state index is -1.94. The third-order valence-corrected chi connectivity index (χ3v) is 2.36. The van der Waals surface area contributed by atoms with Gasteiger partial charge in [0.05, 0.1) is 6.20 Å². The highest BCUT2D eigenvalue weighted by Crippen LogP contribution is 2.44. The molecule has 1 aliphatic rings. The molecule has 0 saturated carbocycles. The first-order chi connectivity index (χ1) is 8.59. The van der Waals surface area contributed by atoms with Gasteiger partial charge in [-0.25, -0.2) is 23.1 Å². The molecular weight excluding hydrogens is 254 g/mol. The van der Waals surface area contributed by atoms with Gasteiger partial charge in [-0.05, 0) is 0 Å². The molecule has 1 N–H and O–H groups in total. The van der Waals surface area contributed by atoms with Gasteiger partial charge in [-0.2, -0.15) is 4.39 Å². The number of halogens is 4. The van der Waals surface area contributed by atoms with Gasteiger partial charge in [0.2, 0.25) is 11.6 Å². The van der Waals surface area contributed by atoms with Crippen molar-refractivity contribution in [2.24, 2.45) is 0 Å². The van der Waals surface area contributed by atoms with E-state index in [1.807, 2.05) is 0 Å². The molecule has 1 aromatic heterocycles. The van der Waals surface area contributed by atoms with Crippen LogP contribution in [0, 0.1) is 23.3 Å². The first-order valence-corrected chi connectivity index (χ1v) is 4.70. The van der Waals surface area contributed by atoms with Gasteiger partial charge in [-0.3, -0.25) is 0 Å². The lowest BCUT2D eigenvalue weighted by atomic mass is 10.2. The van der Waals surface area contributed by atoms with Crippen molar-refractivity contribution in [2.75, 3.05) is 5.32 Å². The summed E-state index contributed by atoms with van der Waals surface area (Å²) in [5, 5.41) is 2.32. The van der Waals surface area contributed by atoms with E-state index in [1.165, 1.54) is 6.20 Å². The van der Waals surface area contributed by atoms with Gasteiger partial charge >= 0.3 is 0 Å². The quantitative estimate of drug-likeness (QED) is 0.382. The molecule has 2 aromatic rings. The predicted octanol–water partition coefficient (Wildman–Crippen LogP) is 2.88. The van der Waals surface area contributed by atoms with E-state index in [2.05, 4.69) is 15.3 Å². The number of benzene rings is 1. The fourth-order valence-corrected chi connectivity index (χ4v) is 1.53. The second kappa shape index (κ2) is 3.56. The molecule has 0 bridgehead atoms. The molecule has 0 fully saturated rings. The zero-order valence-corrected chi connectivity index (χ0v) is 8.47. The standard InChI is InChI=1S/C10H3F4N3O/c11-4-5(12)7(14)9-8(6(4)13)17-10-3(18-9)1-15-2-16-10/h1-2H,(H,15,16,17). The molecule has 0 radical (unpaired) electrons. The van der Waals surface area contributed by atoms with Crippen molar-refractivity contribution in [3.8, 4) is 11.5 Å². The summed E-state index contributed by atoms with van der Waals surface area (Å²) >= 11 is 0. The Morgan fingerprint density at radius 3 is 2.50 bits per heavy atom. The number of nitrogens with zero attached hydrogens (tertiary/aromatic N) is 2. The Morgan fingerprint density at radius 1 is 1.00 bits per heavy atom. The molecule has 18 heavy (non-hydrogen) atoms. The van der Waals surface area contributed by atoms with Crippen molar-refractivity contribution in [3.63, 3.8) is 0 Å².